The van der Waals surface area contributed by atoms with Crippen LogP contribution in [0.2, 0.25) is 0 Å². The zero-order valence-corrected chi connectivity index (χ0v) is 13.9. The highest BCUT2D eigenvalue weighted by atomic mass is 79.9. The Hall–Kier alpha value is -2.62. The standard InChI is InChI=1S/C15H10BrF3N2O4/c16-10-6-7-11(20-14(22)15(17,18)19)13(12(10)21(23)24)25-8-9-4-2-1-3-5-9/h1-7H,8H2,(H,20,22). The minimum Gasteiger partial charge on any atom is -0.480 e. The molecule has 1 N–H and O–H groups in total. The van der Waals surface area contributed by atoms with Crippen LogP contribution in [-0.4, -0.2) is 17.0 Å². The van der Waals surface area contributed by atoms with Crippen molar-refractivity contribution < 1.29 is 27.6 Å². The Morgan fingerprint density at radius 2 is 1.84 bits per heavy atom. The summed E-state index contributed by atoms with van der Waals surface area (Å²) < 4.78 is 42.7. The number of carbonyl (C=O) groups excluding carboxylic acids is 1. The van der Waals surface area contributed by atoms with E-state index in [2.05, 4.69) is 15.9 Å². The maximum atomic E-state index is 12.5. The summed E-state index contributed by atoms with van der Waals surface area (Å²) in [4.78, 5) is 21.6. The Bertz CT molecular complexity index is 797. The molecule has 2 aromatic rings. The van der Waals surface area contributed by atoms with Crippen molar-refractivity contribution in [3.05, 3.63) is 62.6 Å². The van der Waals surface area contributed by atoms with Crippen molar-refractivity contribution >= 4 is 33.2 Å². The van der Waals surface area contributed by atoms with Crippen molar-refractivity contribution in [2.75, 3.05) is 5.32 Å². The van der Waals surface area contributed by atoms with Gasteiger partial charge >= 0.3 is 17.8 Å². The van der Waals surface area contributed by atoms with Gasteiger partial charge in [0.1, 0.15) is 6.61 Å². The van der Waals surface area contributed by atoms with Crippen molar-refractivity contribution in [3.63, 3.8) is 0 Å². The van der Waals surface area contributed by atoms with Crippen molar-refractivity contribution in [3.8, 4) is 5.75 Å². The molecule has 1 amide bonds. The molecule has 0 bridgehead atoms. The van der Waals surface area contributed by atoms with Crippen LogP contribution in [0, 0.1) is 10.1 Å². The van der Waals surface area contributed by atoms with Gasteiger partial charge in [0, 0.05) is 0 Å². The van der Waals surface area contributed by atoms with Gasteiger partial charge < -0.3 is 10.1 Å². The predicted octanol–water partition coefficient (Wildman–Crippen LogP) is 4.44. The van der Waals surface area contributed by atoms with E-state index in [1.54, 1.807) is 35.6 Å². The SMILES string of the molecule is O=C(Nc1ccc(Br)c([N+](=O)[O-])c1OCc1ccccc1)C(F)(F)F. The molecule has 6 nitrogen and oxygen atoms in total. The number of anilines is 1. The molecule has 0 aliphatic rings. The summed E-state index contributed by atoms with van der Waals surface area (Å²) in [6, 6.07) is 10.8. The number of hydrogen-bond acceptors (Lipinski definition) is 4. The Balaban J connectivity index is 2.40. The third-order valence-corrected chi connectivity index (χ3v) is 3.64. The van der Waals surface area contributed by atoms with E-state index in [9.17, 15) is 28.1 Å². The molecule has 0 fully saturated rings. The van der Waals surface area contributed by atoms with Crippen LogP contribution >= 0.6 is 15.9 Å². The average molecular weight is 419 g/mol. The number of halogens is 4. The quantitative estimate of drug-likeness (QED) is 0.574. The van der Waals surface area contributed by atoms with Gasteiger partial charge in [0.15, 0.2) is 0 Å². The summed E-state index contributed by atoms with van der Waals surface area (Å²) in [6.45, 7) is -0.132. The number of hydrogen-bond donors (Lipinski definition) is 1. The smallest absolute Gasteiger partial charge is 0.471 e. The highest BCUT2D eigenvalue weighted by Gasteiger charge is 2.39. The molecule has 0 saturated heterocycles. The zero-order valence-electron chi connectivity index (χ0n) is 12.3. The summed E-state index contributed by atoms with van der Waals surface area (Å²) in [5, 5.41) is 12.8. The van der Waals surface area contributed by atoms with E-state index < -0.39 is 34.1 Å². The number of benzene rings is 2. The number of ether oxygens (including phenoxy) is 1. The van der Waals surface area contributed by atoms with E-state index >= 15 is 0 Å². The van der Waals surface area contributed by atoms with Gasteiger partial charge in [0.05, 0.1) is 15.1 Å². The van der Waals surface area contributed by atoms with E-state index in [1.165, 1.54) is 0 Å². The lowest BCUT2D eigenvalue weighted by atomic mass is 10.2. The second-order valence-electron chi connectivity index (χ2n) is 4.76. The first-order valence-corrected chi connectivity index (χ1v) is 7.51. The number of amides is 1. The number of nitro groups is 1. The van der Waals surface area contributed by atoms with Crippen molar-refractivity contribution in [2.45, 2.75) is 12.8 Å². The lowest BCUT2D eigenvalue weighted by molar-refractivity contribution is -0.386. The molecule has 132 valence electrons. The fourth-order valence-electron chi connectivity index (χ4n) is 1.88. The lowest BCUT2D eigenvalue weighted by Crippen LogP contribution is -2.30. The van der Waals surface area contributed by atoms with Crippen molar-refractivity contribution in [1.82, 2.24) is 0 Å². The van der Waals surface area contributed by atoms with Crippen LogP contribution in [0.1, 0.15) is 5.56 Å². The Morgan fingerprint density at radius 1 is 1.20 bits per heavy atom. The number of nitrogens with one attached hydrogen (secondary N) is 1. The van der Waals surface area contributed by atoms with Gasteiger partial charge in [-0.3, -0.25) is 14.9 Å². The Labute approximate surface area is 147 Å². The summed E-state index contributed by atoms with van der Waals surface area (Å²) >= 11 is 2.96. The van der Waals surface area contributed by atoms with Crippen LogP contribution < -0.4 is 10.1 Å². The third-order valence-electron chi connectivity index (χ3n) is 3.00. The van der Waals surface area contributed by atoms with Crippen LogP contribution in [-0.2, 0) is 11.4 Å². The maximum absolute atomic E-state index is 12.5. The molecule has 0 unspecified atom stereocenters. The van der Waals surface area contributed by atoms with Gasteiger partial charge in [0.2, 0.25) is 5.75 Å². The summed E-state index contributed by atoms with van der Waals surface area (Å²) in [7, 11) is 0. The first kappa shape index (κ1) is 18.7. The van der Waals surface area contributed by atoms with Crippen LogP contribution in [0.3, 0.4) is 0 Å². The fraction of sp³-hybridized carbons (Fsp3) is 0.133. The number of rotatable bonds is 5. The van der Waals surface area contributed by atoms with Crippen LogP contribution in [0.5, 0.6) is 5.75 Å². The molecule has 25 heavy (non-hydrogen) atoms. The second kappa shape index (κ2) is 7.51. The van der Waals surface area contributed by atoms with Gasteiger partial charge in [-0.25, -0.2) is 0 Å². The van der Waals surface area contributed by atoms with Crippen LogP contribution in [0.4, 0.5) is 24.5 Å². The monoisotopic (exact) mass is 418 g/mol. The molecular formula is C15H10BrF3N2O4. The molecule has 2 aromatic carbocycles. The average Bonchev–Trinajstić information content (AvgIpc) is 2.54. The van der Waals surface area contributed by atoms with Gasteiger partial charge in [-0.05, 0) is 33.6 Å². The third kappa shape index (κ3) is 4.69. The van der Waals surface area contributed by atoms with Gasteiger partial charge in [0.25, 0.3) is 0 Å². The summed E-state index contributed by atoms with van der Waals surface area (Å²) in [5.74, 6) is -2.73. The summed E-state index contributed by atoms with van der Waals surface area (Å²) in [6.07, 6.45) is -5.14. The van der Waals surface area contributed by atoms with E-state index in [4.69, 9.17) is 4.74 Å². The molecule has 0 atom stereocenters. The molecule has 0 radical (unpaired) electrons. The first-order chi connectivity index (χ1) is 11.7. The Morgan fingerprint density at radius 3 is 2.40 bits per heavy atom. The first-order valence-electron chi connectivity index (χ1n) is 6.72. The van der Waals surface area contributed by atoms with Crippen molar-refractivity contribution in [2.24, 2.45) is 0 Å². The largest absolute Gasteiger partial charge is 0.480 e. The predicted molar refractivity (Wildman–Crippen MR) is 86.3 cm³/mol. The lowest BCUT2D eigenvalue weighted by Gasteiger charge is -2.14. The second-order valence-corrected chi connectivity index (χ2v) is 5.61. The number of nitro benzene ring substituents is 1. The minimum atomic E-state index is -5.14. The molecular weight excluding hydrogens is 409 g/mol. The van der Waals surface area contributed by atoms with Crippen LogP contribution in [0.15, 0.2) is 46.9 Å². The Kier molecular flexibility index (Phi) is 5.62. The normalized spacial score (nSPS) is 11.0. The van der Waals surface area contributed by atoms with E-state index in [0.29, 0.717) is 5.56 Å². The highest BCUT2D eigenvalue weighted by molar-refractivity contribution is 9.10. The number of nitrogens with zero attached hydrogens (tertiary/aromatic N) is 1. The molecule has 0 heterocycles. The number of alkyl halides is 3. The molecule has 0 aromatic heterocycles. The minimum absolute atomic E-state index is 0.00516. The fourth-order valence-corrected chi connectivity index (χ4v) is 2.34. The summed E-state index contributed by atoms with van der Waals surface area (Å²) in [5.41, 5.74) is -0.395. The van der Waals surface area contributed by atoms with E-state index in [-0.39, 0.29) is 11.1 Å². The van der Waals surface area contributed by atoms with Gasteiger partial charge in [-0.2, -0.15) is 13.2 Å². The maximum Gasteiger partial charge on any atom is 0.471 e. The molecule has 0 spiro atoms. The van der Waals surface area contributed by atoms with Crippen molar-refractivity contribution in [1.29, 1.82) is 0 Å². The molecule has 0 aliphatic heterocycles. The number of carbonyl (C=O) groups is 1. The molecule has 0 saturated carbocycles. The van der Waals surface area contributed by atoms with Gasteiger partial charge in [-0.15, -0.1) is 0 Å². The molecule has 10 heteroatoms. The van der Waals surface area contributed by atoms with Gasteiger partial charge in [-0.1, -0.05) is 30.3 Å². The zero-order chi connectivity index (χ0) is 18.6. The van der Waals surface area contributed by atoms with E-state index in [1.807, 2.05) is 0 Å². The molecule has 0 aliphatic carbocycles. The topological polar surface area (TPSA) is 81.5 Å². The van der Waals surface area contributed by atoms with E-state index in [0.717, 1.165) is 12.1 Å². The highest BCUT2D eigenvalue weighted by Crippen LogP contribution is 2.41. The van der Waals surface area contributed by atoms with Crippen LogP contribution in [0.25, 0.3) is 0 Å². The molecule has 2 rings (SSSR count).